The molecular weight excluding hydrogens is 762 g/mol. The van der Waals surface area contributed by atoms with Crippen molar-refractivity contribution in [2.24, 2.45) is 28.0 Å². The van der Waals surface area contributed by atoms with Crippen molar-refractivity contribution in [1.29, 1.82) is 0 Å². The molecule has 0 aromatic carbocycles. The van der Waals surface area contributed by atoms with Crippen LogP contribution in [0.1, 0.15) is 51.4 Å². The summed E-state index contributed by atoms with van der Waals surface area (Å²) in [5.41, 5.74) is 6.72. The van der Waals surface area contributed by atoms with Crippen LogP contribution >= 0.6 is 0 Å². The molecule has 19 nitrogen and oxygen atoms in total. The van der Waals surface area contributed by atoms with Crippen LogP contribution in [0.4, 0.5) is 0 Å². The number of rotatable bonds is 18. The Bertz CT molecular complexity index is 1610. The Morgan fingerprint density at radius 1 is 1.16 bits per heavy atom. The Kier molecular flexibility index (Phi) is 15.9. The lowest BCUT2D eigenvalue weighted by Crippen LogP contribution is -2.69. The van der Waals surface area contributed by atoms with Crippen LogP contribution in [0.15, 0.2) is 64.7 Å². The number of nitrogens with one attached hydrogen (secondary N) is 2. The maximum atomic E-state index is 14.1. The molecule has 11 N–H and O–H groups in total. The first-order valence-electron chi connectivity index (χ1n) is 19.7. The van der Waals surface area contributed by atoms with E-state index in [2.05, 4.69) is 22.2 Å². The third-order valence-electron chi connectivity index (χ3n) is 11.4. The number of carboxylic acid groups (broad SMARTS) is 1. The zero-order chi connectivity index (χ0) is 42.0. The van der Waals surface area contributed by atoms with Gasteiger partial charge in [-0.05, 0) is 51.0 Å². The number of β-amino-alcohol motifs (C(OH)–C–C–N with tert-alkyl or cyclic N) is 1. The van der Waals surface area contributed by atoms with E-state index in [1.807, 2.05) is 0 Å². The molecule has 324 valence electrons. The van der Waals surface area contributed by atoms with Gasteiger partial charge < -0.3 is 75.4 Å². The van der Waals surface area contributed by atoms with Crippen molar-refractivity contribution in [3.8, 4) is 0 Å². The fourth-order valence-electron chi connectivity index (χ4n) is 8.38. The lowest BCUT2D eigenvalue weighted by Gasteiger charge is -2.47. The smallest absolute Gasteiger partial charge is 0.338 e. The molecule has 2 saturated carbocycles. The number of guanidine groups is 1. The summed E-state index contributed by atoms with van der Waals surface area (Å²) in [6, 6.07) is 0. The third-order valence-corrected chi connectivity index (χ3v) is 11.4. The van der Waals surface area contributed by atoms with Crippen LogP contribution in [0.2, 0.25) is 0 Å². The predicted molar refractivity (Wildman–Crippen MR) is 205 cm³/mol. The molecule has 0 bridgehead atoms. The molecular formula is C39H59N5O14. The Morgan fingerprint density at radius 2 is 1.91 bits per heavy atom. The molecule has 3 aliphatic heterocycles. The molecule has 8 atom stereocenters. The van der Waals surface area contributed by atoms with Crippen LogP contribution in [0, 0.1) is 17.3 Å². The van der Waals surface area contributed by atoms with Gasteiger partial charge in [0.2, 0.25) is 12.1 Å². The van der Waals surface area contributed by atoms with Crippen molar-refractivity contribution in [1.82, 2.24) is 15.5 Å². The molecule has 0 aromatic rings. The number of esters is 1. The number of carbonyl (C=O) groups is 2. The average molecular weight is 822 g/mol. The highest BCUT2D eigenvalue weighted by molar-refractivity contribution is 5.92. The van der Waals surface area contributed by atoms with E-state index in [4.69, 9.17) is 29.4 Å². The summed E-state index contributed by atoms with van der Waals surface area (Å²) >= 11 is 0. The number of aliphatic imine (C=N–C) groups is 1. The van der Waals surface area contributed by atoms with Crippen LogP contribution in [-0.2, 0) is 33.3 Å². The molecule has 0 aromatic heterocycles. The molecule has 19 heteroatoms. The molecule has 1 spiro atoms. The summed E-state index contributed by atoms with van der Waals surface area (Å²) in [6.07, 6.45) is 6.26. The number of nitrogens with two attached hydrogens (primary N) is 1. The SMILES string of the molecule is C=CC1C(OC2OC(CO)C(O)C(O)(O)C2OCNC)OC=C(C(=O)OC2CCC3(CCCC3)C2)C1C=CC1=CN(CCO)CC(C(=O)O)=C1NC(N)=NCCCO. The number of hydrogen-bond acceptors (Lipinski definition) is 16. The number of allylic oxidation sites excluding steroid dienone is 2. The van der Waals surface area contributed by atoms with Crippen molar-refractivity contribution in [3.63, 3.8) is 0 Å². The molecule has 3 fully saturated rings. The molecule has 1 saturated heterocycles. The summed E-state index contributed by atoms with van der Waals surface area (Å²) in [7, 11) is 1.54. The van der Waals surface area contributed by atoms with Gasteiger partial charge in [-0.2, -0.15) is 0 Å². The van der Waals surface area contributed by atoms with E-state index < -0.39 is 67.1 Å². The van der Waals surface area contributed by atoms with Crippen LogP contribution in [0.25, 0.3) is 0 Å². The Labute approximate surface area is 337 Å². The first-order valence-corrected chi connectivity index (χ1v) is 19.7. The van der Waals surface area contributed by atoms with E-state index in [1.165, 1.54) is 12.3 Å². The average Bonchev–Trinajstić information content (AvgIpc) is 3.83. The highest BCUT2D eigenvalue weighted by Gasteiger charge is 2.57. The standard InChI is InChI=1S/C39H59N5O14/c1-3-25-26(8-7-23-18-44(14-16-46)19-27(33(49)50)30(23)43-37(40)42-13-6-15-45)28(34(51)56-24-9-12-38(17-24)10-4-5-11-38)21-54-35(25)58-36-32(55-22-41-2)39(52,53)31(48)29(20-47)57-36/h3,7-8,18,21,24-26,29,31-32,35-36,41,45-48,52-53H,1,4-6,9-17,19-20,22H2,2H3,(H,49,50)(H3,40,42,43). The van der Waals surface area contributed by atoms with Gasteiger partial charge in [0.25, 0.3) is 0 Å². The predicted octanol–water partition coefficient (Wildman–Crippen LogP) is -0.988. The Hall–Kier alpha value is -3.89. The molecule has 58 heavy (non-hydrogen) atoms. The Morgan fingerprint density at radius 3 is 2.57 bits per heavy atom. The number of aliphatic carboxylic acids is 1. The second kappa shape index (κ2) is 20.4. The molecule has 0 radical (unpaired) electrons. The molecule has 5 rings (SSSR count). The van der Waals surface area contributed by atoms with E-state index in [0.717, 1.165) is 44.9 Å². The normalized spacial score (nSPS) is 30.9. The highest BCUT2D eigenvalue weighted by atomic mass is 16.8. The quantitative estimate of drug-likeness (QED) is 0.0198. The van der Waals surface area contributed by atoms with Crippen molar-refractivity contribution in [2.45, 2.75) is 94.1 Å². The second-order valence-corrected chi connectivity index (χ2v) is 15.3. The van der Waals surface area contributed by atoms with Gasteiger partial charge in [-0.15, -0.1) is 6.58 Å². The summed E-state index contributed by atoms with van der Waals surface area (Å²) in [4.78, 5) is 32.5. The minimum atomic E-state index is -2.94. The fraction of sp³-hybridized carbons (Fsp3) is 0.667. The van der Waals surface area contributed by atoms with Gasteiger partial charge in [-0.25, -0.2) is 9.59 Å². The van der Waals surface area contributed by atoms with Gasteiger partial charge in [0.15, 0.2) is 18.4 Å². The number of aliphatic hydroxyl groups excluding tert-OH is 4. The van der Waals surface area contributed by atoms with Gasteiger partial charge >= 0.3 is 11.9 Å². The summed E-state index contributed by atoms with van der Waals surface area (Å²) < 4.78 is 29.6. The topological polar surface area (TPSA) is 288 Å². The van der Waals surface area contributed by atoms with Crippen LogP contribution in [0.5, 0.6) is 0 Å². The zero-order valence-corrected chi connectivity index (χ0v) is 32.8. The number of hydrogen-bond donors (Lipinski definition) is 10. The van der Waals surface area contributed by atoms with E-state index in [-0.39, 0.29) is 73.9 Å². The van der Waals surface area contributed by atoms with Crippen molar-refractivity contribution in [3.05, 3.63) is 59.7 Å². The van der Waals surface area contributed by atoms with Crippen LogP contribution in [0.3, 0.4) is 0 Å². The second-order valence-electron chi connectivity index (χ2n) is 15.3. The van der Waals surface area contributed by atoms with E-state index in [1.54, 1.807) is 30.3 Å². The van der Waals surface area contributed by atoms with Crippen molar-refractivity contribution >= 4 is 17.9 Å². The molecule has 0 amide bonds. The number of carbonyl (C=O) groups excluding carboxylic acids is 1. The van der Waals surface area contributed by atoms with E-state index in [0.29, 0.717) is 12.0 Å². The molecule has 2 aliphatic carbocycles. The van der Waals surface area contributed by atoms with E-state index in [9.17, 15) is 45.3 Å². The number of aliphatic hydroxyl groups is 6. The number of nitrogens with zero attached hydrogens (tertiary/aromatic N) is 2. The minimum absolute atomic E-state index is 0.0821. The van der Waals surface area contributed by atoms with Crippen molar-refractivity contribution < 1.29 is 69.0 Å². The van der Waals surface area contributed by atoms with Gasteiger partial charge in [0, 0.05) is 37.4 Å². The number of carboxylic acids is 1. The summed E-state index contributed by atoms with van der Waals surface area (Å²) in [5, 5.41) is 77.2. The van der Waals surface area contributed by atoms with Crippen LogP contribution in [-0.4, -0.2) is 155 Å². The molecule has 5 aliphatic rings. The molecule has 3 heterocycles. The maximum absolute atomic E-state index is 14.1. The largest absolute Gasteiger partial charge is 0.478 e. The van der Waals surface area contributed by atoms with Crippen molar-refractivity contribution in [2.75, 3.05) is 53.2 Å². The fourth-order valence-corrected chi connectivity index (χ4v) is 8.38. The van der Waals surface area contributed by atoms with Gasteiger partial charge in [-0.3, -0.25) is 10.3 Å². The lowest BCUT2D eigenvalue weighted by molar-refractivity contribution is -0.410. The van der Waals surface area contributed by atoms with Crippen LogP contribution < -0.4 is 16.4 Å². The third kappa shape index (κ3) is 10.5. The van der Waals surface area contributed by atoms with E-state index >= 15 is 0 Å². The summed E-state index contributed by atoms with van der Waals surface area (Å²) in [5.74, 6) is -6.78. The highest BCUT2D eigenvalue weighted by Crippen LogP contribution is 2.51. The van der Waals surface area contributed by atoms with Gasteiger partial charge in [0.05, 0.1) is 55.5 Å². The zero-order valence-electron chi connectivity index (χ0n) is 32.8. The molecule has 8 unspecified atom stereocenters. The first kappa shape index (κ1) is 45.2. The van der Waals surface area contributed by atoms with Gasteiger partial charge in [-0.1, -0.05) is 31.1 Å². The minimum Gasteiger partial charge on any atom is -0.478 e. The monoisotopic (exact) mass is 821 g/mol. The first-order chi connectivity index (χ1) is 27.8. The number of ether oxygens (including phenoxy) is 5. The summed E-state index contributed by atoms with van der Waals surface area (Å²) in [6.45, 7) is 2.77. The maximum Gasteiger partial charge on any atom is 0.338 e. The Balaban J connectivity index is 1.51. The lowest BCUT2D eigenvalue weighted by atomic mass is 9.83. The van der Waals surface area contributed by atoms with Gasteiger partial charge in [0.1, 0.15) is 18.3 Å².